The predicted molar refractivity (Wildman–Crippen MR) is 123 cm³/mol. The van der Waals surface area contributed by atoms with E-state index >= 15 is 0 Å². The van der Waals surface area contributed by atoms with E-state index in [1.165, 1.54) is 21.6 Å². The molecule has 0 spiro atoms. The molecule has 0 heterocycles. The van der Waals surface area contributed by atoms with Gasteiger partial charge in [0, 0.05) is 27.2 Å². The number of nitrogens with one attached hydrogen (secondary N) is 2. The summed E-state index contributed by atoms with van der Waals surface area (Å²) >= 11 is 0. The third-order valence-corrected chi connectivity index (χ3v) is 4.51. The van der Waals surface area contributed by atoms with E-state index in [-0.39, 0.29) is 12.5 Å². The van der Waals surface area contributed by atoms with Gasteiger partial charge in [-0.3, -0.25) is 4.79 Å². The molecule has 1 amide bonds. The fraction of sp³-hybridized carbons (Fsp3) is 0.417. The van der Waals surface area contributed by atoms with E-state index in [1.807, 2.05) is 24.3 Å². The summed E-state index contributed by atoms with van der Waals surface area (Å²) < 4.78 is 5.59. The predicted octanol–water partition coefficient (Wildman–Crippen LogP) is 3.07. The van der Waals surface area contributed by atoms with Gasteiger partial charge in [0.15, 0.2) is 12.6 Å². The Morgan fingerprint density at radius 1 is 1.03 bits per heavy atom. The van der Waals surface area contributed by atoms with Crippen LogP contribution in [0, 0.1) is 13.8 Å². The van der Waals surface area contributed by atoms with Gasteiger partial charge in [0.05, 0.1) is 6.54 Å². The van der Waals surface area contributed by atoms with Crippen LogP contribution in [0.2, 0.25) is 0 Å². The number of carbonyl (C=O) groups excluding carboxylic acids is 1. The average molecular weight is 411 g/mol. The molecule has 0 saturated heterocycles. The lowest BCUT2D eigenvalue weighted by Crippen LogP contribution is -2.38. The number of carbonyl (C=O) groups is 1. The number of ether oxygens (including phenoxy) is 1. The topological polar surface area (TPSA) is 66.0 Å². The number of benzene rings is 2. The summed E-state index contributed by atoms with van der Waals surface area (Å²) in [6, 6.07) is 14.3. The fourth-order valence-corrected chi connectivity index (χ4v) is 3.06. The quantitative estimate of drug-likeness (QED) is 0.493. The monoisotopic (exact) mass is 410 g/mol. The standard InChI is InChI=1S/C24H34N4O2/c1-6-25-24(26-11-10-20-13-18(2)12-19(3)14-20)27-16-21-8-7-9-22(15-21)30-17-23(29)28(4)5/h7-9,12-15H,6,10-11,16-17H2,1-5H3,(H2,25,26,27). The number of rotatable bonds is 9. The van der Waals surface area contributed by atoms with E-state index < -0.39 is 0 Å². The first-order chi connectivity index (χ1) is 14.4. The maximum atomic E-state index is 11.7. The maximum Gasteiger partial charge on any atom is 0.259 e. The third kappa shape index (κ3) is 8.15. The third-order valence-electron chi connectivity index (χ3n) is 4.51. The molecule has 2 N–H and O–H groups in total. The zero-order chi connectivity index (χ0) is 21.9. The number of nitrogens with zero attached hydrogens (tertiary/aromatic N) is 2. The lowest BCUT2D eigenvalue weighted by Gasteiger charge is -2.13. The second-order valence-electron chi connectivity index (χ2n) is 7.59. The summed E-state index contributed by atoms with van der Waals surface area (Å²) in [7, 11) is 3.43. The van der Waals surface area contributed by atoms with Gasteiger partial charge in [-0.15, -0.1) is 0 Å². The van der Waals surface area contributed by atoms with Crippen LogP contribution in [-0.4, -0.2) is 50.6 Å². The van der Waals surface area contributed by atoms with Crippen molar-refractivity contribution in [2.75, 3.05) is 33.8 Å². The van der Waals surface area contributed by atoms with Gasteiger partial charge in [-0.1, -0.05) is 41.5 Å². The molecule has 2 aromatic rings. The van der Waals surface area contributed by atoms with Gasteiger partial charge >= 0.3 is 0 Å². The van der Waals surface area contributed by atoms with Gasteiger partial charge in [0.25, 0.3) is 5.91 Å². The van der Waals surface area contributed by atoms with Crippen molar-refractivity contribution in [3.05, 3.63) is 64.7 Å². The molecule has 0 aliphatic rings. The van der Waals surface area contributed by atoms with Gasteiger partial charge in [0.1, 0.15) is 5.75 Å². The number of likely N-dealkylation sites (N-methyl/N-ethyl adjacent to an activating group) is 1. The summed E-state index contributed by atoms with van der Waals surface area (Å²) in [6.07, 6.45) is 0.941. The molecule has 0 saturated carbocycles. The van der Waals surface area contributed by atoms with E-state index in [0.717, 1.165) is 31.0 Å². The van der Waals surface area contributed by atoms with Gasteiger partial charge in [-0.05, 0) is 50.5 Å². The Morgan fingerprint density at radius 2 is 1.77 bits per heavy atom. The molecule has 2 aromatic carbocycles. The molecule has 0 bridgehead atoms. The van der Waals surface area contributed by atoms with Crippen LogP contribution in [0.4, 0.5) is 0 Å². The highest BCUT2D eigenvalue weighted by Crippen LogP contribution is 2.14. The van der Waals surface area contributed by atoms with Gasteiger partial charge in [-0.25, -0.2) is 4.99 Å². The highest BCUT2D eigenvalue weighted by Gasteiger charge is 2.05. The highest BCUT2D eigenvalue weighted by atomic mass is 16.5. The summed E-state index contributed by atoms with van der Waals surface area (Å²) in [5.74, 6) is 1.39. The smallest absolute Gasteiger partial charge is 0.259 e. The van der Waals surface area contributed by atoms with Crippen molar-refractivity contribution in [3.63, 3.8) is 0 Å². The van der Waals surface area contributed by atoms with Crippen LogP contribution in [0.25, 0.3) is 0 Å². The van der Waals surface area contributed by atoms with Crippen LogP contribution in [0.15, 0.2) is 47.5 Å². The molecule has 0 atom stereocenters. The first-order valence-corrected chi connectivity index (χ1v) is 10.4. The van der Waals surface area contributed by atoms with Crippen LogP contribution in [-0.2, 0) is 17.8 Å². The second-order valence-corrected chi connectivity index (χ2v) is 7.59. The van der Waals surface area contributed by atoms with E-state index in [9.17, 15) is 4.79 Å². The van der Waals surface area contributed by atoms with Crippen molar-refractivity contribution in [1.29, 1.82) is 0 Å². The van der Waals surface area contributed by atoms with Crippen molar-refractivity contribution in [2.24, 2.45) is 4.99 Å². The molecule has 0 aliphatic heterocycles. The lowest BCUT2D eigenvalue weighted by molar-refractivity contribution is -0.130. The molecular weight excluding hydrogens is 376 g/mol. The summed E-state index contributed by atoms with van der Waals surface area (Å²) in [4.78, 5) is 17.9. The van der Waals surface area contributed by atoms with Gasteiger partial charge in [0.2, 0.25) is 0 Å². The van der Waals surface area contributed by atoms with Crippen LogP contribution in [0.1, 0.15) is 29.2 Å². The Morgan fingerprint density at radius 3 is 2.43 bits per heavy atom. The largest absolute Gasteiger partial charge is 0.484 e. The van der Waals surface area contributed by atoms with Crippen molar-refractivity contribution < 1.29 is 9.53 Å². The fourth-order valence-electron chi connectivity index (χ4n) is 3.06. The minimum Gasteiger partial charge on any atom is -0.484 e. The second kappa shape index (κ2) is 11.9. The van der Waals surface area contributed by atoms with Crippen molar-refractivity contribution in [2.45, 2.75) is 33.7 Å². The summed E-state index contributed by atoms with van der Waals surface area (Å²) in [5.41, 5.74) is 4.93. The summed E-state index contributed by atoms with van der Waals surface area (Å²) in [6.45, 7) is 8.47. The number of hydrogen-bond acceptors (Lipinski definition) is 3. The Kier molecular flexibility index (Phi) is 9.19. The zero-order valence-corrected chi connectivity index (χ0v) is 18.8. The first kappa shape index (κ1) is 23.3. The SMILES string of the molecule is CCNC(=NCc1cccc(OCC(=O)N(C)C)c1)NCCc1cc(C)cc(C)c1. The van der Waals surface area contributed by atoms with Crippen LogP contribution < -0.4 is 15.4 Å². The van der Waals surface area contributed by atoms with Crippen LogP contribution >= 0.6 is 0 Å². The molecule has 0 aromatic heterocycles. The molecule has 6 heteroatoms. The maximum absolute atomic E-state index is 11.7. The molecule has 0 radical (unpaired) electrons. The molecule has 30 heavy (non-hydrogen) atoms. The van der Waals surface area contributed by atoms with E-state index in [2.05, 4.69) is 54.6 Å². The molecule has 0 aliphatic carbocycles. The Bertz CT molecular complexity index is 842. The molecule has 0 unspecified atom stereocenters. The van der Waals surface area contributed by atoms with E-state index in [4.69, 9.17) is 4.74 Å². The van der Waals surface area contributed by atoms with Gasteiger partial charge in [-0.2, -0.15) is 0 Å². The molecule has 6 nitrogen and oxygen atoms in total. The molecular formula is C24H34N4O2. The lowest BCUT2D eigenvalue weighted by atomic mass is 10.1. The minimum atomic E-state index is -0.0686. The van der Waals surface area contributed by atoms with Crippen molar-refractivity contribution in [3.8, 4) is 5.75 Å². The number of guanidine groups is 1. The normalized spacial score (nSPS) is 11.2. The zero-order valence-electron chi connectivity index (χ0n) is 18.8. The highest BCUT2D eigenvalue weighted by molar-refractivity contribution is 5.79. The van der Waals surface area contributed by atoms with Crippen molar-refractivity contribution in [1.82, 2.24) is 15.5 Å². The summed E-state index contributed by atoms with van der Waals surface area (Å²) in [5, 5.41) is 6.69. The van der Waals surface area contributed by atoms with Gasteiger partial charge < -0.3 is 20.3 Å². The molecule has 162 valence electrons. The molecule has 2 rings (SSSR count). The number of aryl methyl sites for hydroxylation is 2. The Labute approximate surface area is 180 Å². The minimum absolute atomic E-state index is 0.0301. The number of aliphatic imine (C=N–C) groups is 1. The number of amides is 1. The van der Waals surface area contributed by atoms with Crippen LogP contribution in [0.5, 0.6) is 5.75 Å². The van der Waals surface area contributed by atoms with Crippen LogP contribution in [0.3, 0.4) is 0 Å². The van der Waals surface area contributed by atoms with E-state index in [1.54, 1.807) is 14.1 Å². The molecule has 0 fully saturated rings. The average Bonchev–Trinajstić information content (AvgIpc) is 2.69. The first-order valence-electron chi connectivity index (χ1n) is 10.4. The Balaban J connectivity index is 1.92. The van der Waals surface area contributed by atoms with Crippen molar-refractivity contribution >= 4 is 11.9 Å². The van der Waals surface area contributed by atoms with E-state index in [0.29, 0.717) is 12.3 Å². The number of hydrogen-bond donors (Lipinski definition) is 2. The Hall–Kier alpha value is -3.02.